The Morgan fingerprint density at radius 1 is 1.10 bits per heavy atom. The van der Waals surface area contributed by atoms with E-state index in [9.17, 15) is 0 Å². The van der Waals surface area contributed by atoms with Gasteiger partial charge in [0.25, 0.3) is 0 Å². The third-order valence-electron chi connectivity index (χ3n) is 5.96. The van der Waals surface area contributed by atoms with Gasteiger partial charge in [-0.15, -0.1) is 0 Å². The molecule has 2 fully saturated rings. The molecule has 0 spiro atoms. The average molecular weight is 285 g/mol. The molecule has 21 heavy (non-hydrogen) atoms. The van der Waals surface area contributed by atoms with E-state index in [0.29, 0.717) is 6.04 Å². The van der Waals surface area contributed by atoms with Crippen molar-refractivity contribution in [2.45, 2.75) is 64.3 Å². The fraction of sp³-hybridized carbons (Fsp3) is 0.700. The van der Waals surface area contributed by atoms with E-state index in [-0.39, 0.29) is 5.41 Å². The molecule has 2 aliphatic rings. The molecule has 0 aliphatic heterocycles. The summed E-state index contributed by atoms with van der Waals surface area (Å²) in [5.41, 5.74) is 3.18. The van der Waals surface area contributed by atoms with Gasteiger partial charge in [-0.2, -0.15) is 0 Å². The lowest BCUT2D eigenvalue weighted by Crippen LogP contribution is -2.38. The standard InChI is InChI=1S/C20H31N/c1-20(2,3)17-9-6-14(7-10-17)13-19(21-4)18-12-15-5-8-16(18)11-15/h6-7,9-10,15-16,18-19,21H,5,8,11-13H2,1-4H3. The first-order valence-corrected chi connectivity index (χ1v) is 8.74. The number of likely N-dealkylation sites (N-methyl/N-ethyl adjacent to an activating group) is 1. The maximum atomic E-state index is 3.62. The van der Waals surface area contributed by atoms with Gasteiger partial charge in [0.15, 0.2) is 0 Å². The molecule has 1 aromatic rings. The van der Waals surface area contributed by atoms with Gasteiger partial charge in [0.1, 0.15) is 0 Å². The number of hydrogen-bond donors (Lipinski definition) is 1. The fourth-order valence-electron chi connectivity index (χ4n) is 4.65. The highest BCUT2D eigenvalue weighted by Crippen LogP contribution is 2.49. The van der Waals surface area contributed by atoms with Gasteiger partial charge in [-0.05, 0) is 67.0 Å². The van der Waals surface area contributed by atoms with Crippen LogP contribution in [0.25, 0.3) is 0 Å². The Labute approximate surface area is 130 Å². The zero-order valence-corrected chi connectivity index (χ0v) is 14.2. The maximum absolute atomic E-state index is 3.62. The highest BCUT2D eigenvalue weighted by Gasteiger charge is 2.42. The van der Waals surface area contributed by atoms with E-state index in [2.05, 4.69) is 57.4 Å². The Bertz CT molecular complexity index is 468. The van der Waals surface area contributed by atoms with E-state index in [0.717, 1.165) is 17.8 Å². The van der Waals surface area contributed by atoms with E-state index in [1.165, 1.54) is 43.2 Å². The number of benzene rings is 1. The quantitative estimate of drug-likeness (QED) is 0.855. The lowest BCUT2D eigenvalue weighted by atomic mass is 9.80. The van der Waals surface area contributed by atoms with Crippen molar-refractivity contribution in [3.8, 4) is 0 Å². The third-order valence-corrected chi connectivity index (χ3v) is 5.96. The van der Waals surface area contributed by atoms with Crippen LogP contribution in [-0.4, -0.2) is 13.1 Å². The lowest BCUT2D eigenvalue weighted by molar-refractivity contribution is 0.255. The second-order valence-electron chi connectivity index (χ2n) is 8.38. The molecule has 0 saturated heterocycles. The van der Waals surface area contributed by atoms with Crippen molar-refractivity contribution >= 4 is 0 Å². The van der Waals surface area contributed by atoms with E-state index < -0.39 is 0 Å². The molecule has 2 saturated carbocycles. The van der Waals surface area contributed by atoms with Crippen LogP contribution in [0.1, 0.15) is 57.6 Å². The molecule has 4 atom stereocenters. The minimum atomic E-state index is 0.255. The Morgan fingerprint density at radius 3 is 2.29 bits per heavy atom. The largest absolute Gasteiger partial charge is 0.316 e. The molecule has 3 rings (SSSR count). The van der Waals surface area contributed by atoms with Gasteiger partial charge in [-0.25, -0.2) is 0 Å². The van der Waals surface area contributed by atoms with E-state index >= 15 is 0 Å². The molecule has 0 aromatic heterocycles. The molecule has 1 aromatic carbocycles. The molecule has 1 nitrogen and oxygen atoms in total. The van der Waals surface area contributed by atoms with Crippen LogP contribution < -0.4 is 5.32 Å². The van der Waals surface area contributed by atoms with Gasteiger partial charge in [-0.1, -0.05) is 51.5 Å². The van der Waals surface area contributed by atoms with Gasteiger partial charge >= 0.3 is 0 Å². The summed E-state index contributed by atoms with van der Waals surface area (Å²) >= 11 is 0. The minimum absolute atomic E-state index is 0.255. The van der Waals surface area contributed by atoms with Crippen molar-refractivity contribution in [2.75, 3.05) is 7.05 Å². The molecule has 0 radical (unpaired) electrons. The summed E-state index contributed by atoms with van der Waals surface area (Å²) in [6, 6.07) is 10.0. The van der Waals surface area contributed by atoms with E-state index in [1.54, 1.807) is 0 Å². The fourth-order valence-corrected chi connectivity index (χ4v) is 4.65. The molecule has 4 unspecified atom stereocenters. The highest BCUT2D eigenvalue weighted by molar-refractivity contribution is 5.28. The van der Waals surface area contributed by atoms with Crippen LogP contribution in [0.4, 0.5) is 0 Å². The zero-order valence-electron chi connectivity index (χ0n) is 14.2. The van der Waals surface area contributed by atoms with Crippen LogP contribution in [0.15, 0.2) is 24.3 Å². The van der Waals surface area contributed by atoms with Gasteiger partial charge in [0, 0.05) is 6.04 Å². The molecule has 2 aliphatic carbocycles. The Hall–Kier alpha value is -0.820. The molecule has 1 heteroatoms. The predicted octanol–water partition coefficient (Wildman–Crippen LogP) is 4.55. The molecule has 116 valence electrons. The predicted molar refractivity (Wildman–Crippen MR) is 90.6 cm³/mol. The van der Waals surface area contributed by atoms with Crippen LogP contribution >= 0.6 is 0 Å². The molecule has 2 bridgehead atoms. The third kappa shape index (κ3) is 3.18. The molecular formula is C20H31N. The van der Waals surface area contributed by atoms with Gasteiger partial charge in [0.2, 0.25) is 0 Å². The summed E-state index contributed by atoms with van der Waals surface area (Å²) in [7, 11) is 2.15. The van der Waals surface area contributed by atoms with Crippen LogP contribution in [0.3, 0.4) is 0 Å². The normalized spacial score (nSPS) is 29.8. The Kier molecular flexibility index (Phi) is 4.14. The number of nitrogens with one attached hydrogen (secondary N) is 1. The van der Waals surface area contributed by atoms with Crippen molar-refractivity contribution in [1.29, 1.82) is 0 Å². The zero-order chi connectivity index (χ0) is 15.0. The summed E-state index contributed by atoms with van der Waals surface area (Å²) in [6.45, 7) is 6.86. The highest BCUT2D eigenvalue weighted by atomic mass is 14.9. The number of fused-ring (bicyclic) bond motifs is 2. The van der Waals surface area contributed by atoms with Crippen LogP contribution in [-0.2, 0) is 11.8 Å². The van der Waals surface area contributed by atoms with Gasteiger partial charge in [0.05, 0.1) is 0 Å². The maximum Gasteiger partial charge on any atom is 0.0135 e. The van der Waals surface area contributed by atoms with Crippen molar-refractivity contribution in [1.82, 2.24) is 5.32 Å². The summed E-state index contributed by atoms with van der Waals surface area (Å²) in [5, 5.41) is 3.62. The average Bonchev–Trinajstić information content (AvgIpc) is 3.07. The first-order valence-electron chi connectivity index (χ1n) is 8.74. The smallest absolute Gasteiger partial charge is 0.0135 e. The molecule has 0 amide bonds. The van der Waals surface area contributed by atoms with Crippen molar-refractivity contribution in [2.24, 2.45) is 17.8 Å². The SMILES string of the molecule is CNC(Cc1ccc(C(C)(C)C)cc1)C1CC2CCC1C2. The van der Waals surface area contributed by atoms with Crippen molar-refractivity contribution < 1.29 is 0 Å². The van der Waals surface area contributed by atoms with E-state index in [4.69, 9.17) is 0 Å². The molecular weight excluding hydrogens is 254 g/mol. The lowest BCUT2D eigenvalue weighted by Gasteiger charge is -2.30. The monoisotopic (exact) mass is 285 g/mol. The summed E-state index contributed by atoms with van der Waals surface area (Å²) in [5.74, 6) is 2.96. The second kappa shape index (κ2) is 5.76. The molecule has 1 N–H and O–H groups in total. The van der Waals surface area contributed by atoms with Crippen LogP contribution in [0.2, 0.25) is 0 Å². The van der Waals surface area contributed by atoms with E-state index in [1.807, 2.05) is 0 Å². The first-order chi connectivity index (χ1) is 9.97. The summed E-state index contributed by atoms with van der Waals surface area (Å²) in [6.07, 6.45) is 7.14. The number of rotatable bonds is 4. The summed E-state index contributed by atoms with van der Waals surface area (Å²) in [4.78, 5) is 0. The van der Waals surface area contributed by atoms with Gasteiger partial charge < -0.3 is 5.32 Å². The Balaban J connectivity index is 1.67. The minimum Gasteiger partial charge on any atom is -0.316 e. The van der Waals surface area contributed by atoms with Crippen molar-refractivity contribution in [3.63, 3.8) is 0 Å². The van der Waals surface area contributed by atoms with Gasteiger partial charge in [-0.3, -0.25) is 0 Å². The van der Waals surface area contributed by atoms with Crippen LogP contribution in [0, 0.1) is 17.8 Å². The second-order valence-corrected chi connectivity index (χ2v) is 8.38. The first kappa shape index (κ1) is 15.1. The topological polar surface area (TPSA) is 12.0 Å². The molecule has 0 heterocycles. The summed E-state index contributed by atoms with van der Waals surface area (Å²) < 4.78 is 0. The Morgan fingerprint density at radius 2 is 1.81 bits per heavy atom. The number of hydrogen-bond acceptors (Lipinski definition) is 1. The van der Waals surface area contributed by atoms with Crippen LogP contribution in [0.5, 0.6) is 0 Å². The van der Waals surface area contributed by atoms with Crippen molar-refractivity contribution in [3.05, 3.63) is 35.4 Å².